The Hall–Kier alpha value is -6.81. The Kier molecular flexibility index (Phi) is 24.6. The summed E-state index contributed by atoms with van der Waals surface area (Å²) in [6.45, 7) is 8.54. The molecule has 0 aliphatic carbocycles. The zero-order chi connectivity index (χ0) is 60.7. The molecule has 2 N–H and O–H groups in total. The molecule has 3 aliphatic rings. The third kappa shape index (κ3) is 18.4. The van der Waals surface area contributed by atoms with Gasteiger partial charge in [-0.05, 0) is 45.9 Å². The van der Waals surface area contributed by atoms with Gasteiger partial charge in [-0.1, -0.05) is 218 Å². The molecule has 3 saturated heterocycles. The lowest BCUT2D eigenvalue weighted by Gasteiger charge is -2.51. The fourth-order valence-corrected chi connectivity index (χ4v) is 11.2. The van der Waals surface area contributed by atoms with Crippen molar-refractivity contribution in [2.75, 3.05) is 19.8 Å². The van der Waals surface area contributed by atoms with Crippen LogP contribution < -0.4 is 5.32 Å². The van der Waals surface area contributed by atoms with Crippen molar-refractivity contribution in [1.82, 2.24) is 5.32 Å². The second kappa shape index (κ2) is 33.7. The Morgan fingerprint density at radius 1 is 0.420 bits per heavy atom. The topological polar surface area (TPSA) is 169 Å². The van der Waals surface area contributed by atoms with Crippen LogP contribution in [-0.2, 0) is 113 Å². The number of carbonyl (C=O) groups is 1. The fraction of sp³-hybridized carbons (Fsp3) is 0.375. The third-order valence-corrected chi connectivity index (χ3v) is 15.6. The molecule has 1 amide bonds. The molecule has 0 bridgehead atoms. The molecule has 7 aromatic rings. The molecule has 10 rings (SSSR count). The molecule has 16 nitrogen and oxygen atoms in total. The number of carbonyl (C=O) groups excluding carboxylic acids is 1. The Morgan fingerprint density at radius 3 is 1.17 bits per heavy atom. The van der Waals surface area contributed by atoms with Gasteiger partial charge in [-0.15, -0.1) is 6.58 Å². The first kappa shape index (κ1) is 64.2. The summed E-state index contributed by atoms with van der Waals surface area (Å²) in [5.74, 6) is -0.369. The van der Waals surface area contributed by atoms with Gasteiger partial charge in [0.25, 0.3) is 0 Å². The van der Waals surface area contributed by atoms with Gasteiger partial charge >= 0.3 is 0 Å². The minimum absolute atomic E-state index is 0.0416. The second-order valence-corrected chi connectivity index (χ2v) is 22.1. The standard InChI is InChI=1S/C72H81NO15/c1-4-40-78-63-59(48-76-41-52-26-12-5-13-27-52)85-71(61(73-51(3)74)65(63)80-44-55-32-18-8-19-33-55)87-64-60(49-77-42-53-28-14-6-15-29-53)86-72(69(83-47-58-38-24-11-25-39-58)67(64)82-46-57-36-22-10-23-37-57)88-68-66(81-45-56-34-20-9-21-35-56)62(50(2)84-70(68)75)79-43-54-30-16-7-17-31-54/h4-39,50,59-72,75H,1,40-49H2,2-3H3,(H,73,74)/t50-,59+,60+,61-,62-,63+,64+,65+,66+,67-,68+,69+,70+,71-,72+/m0/s1. The first-order chi connectivity index (χ1) is 43.3. The molecular weight excluding hydrogens is 1120 g/mol. The van der Waals surface area contributed by atoms with Crippen LogP contribution in [0.15, 0.2) is 225 Å². The number of nitrogens with one attached hydrogen (secondary N) is 1. The van der Waals surface area contributed by atoms with Gasteiger partial charge in [-0.3, -0.25) is 4.79 Å². The molecule has 3 fully saturated rings. The predicted molar refractivity (Wildman–Crippen MR) is 328 cm³/mol. The smallest absolute Gasteiger partial charge is 0.217 e. The Morgan fingerprint density at radius 2 is 0.761 bits per heavy atom. The van der Waals surface area contributed by atoms with Gasteiger partial charge in [0.2, 0.25) is 5.91 Å². The highest BCUT2D eigenvalue weighted by Crippen LogP contribution is 2.38. The van der Waals surface area contributed by atoms with Crippen LogP contribution in [-0.4, -0.2) is 123 Å². The van der Waals surface area contributed by atoms with Gasteiger partial charge in [0, 0.05) is 6.92 Å². The maximum absolute atomic E-state index is 13.7. The van der Waals surface area contributed by atoms with E-state index >= 15 is 0 Å². The van der Waals surface area contributed by atoms with Crippen molar-refractivity contribution < 1.29 is 71.5 Å². The normalized spacial score (nSPS) is 27.1. The minimum atomic E-state index is -1.53. The van der Waals surface area contributed by atoms with E-state index in [1.165, 1.54) is 6.92 Å². The van der Waals surface area contributed by atoms with E-state index < -0.39 is 92.1 Å². The van der Waals surface area contributed by atoms with Gasteiger partial charge in [-0.2, -0.15) is 0 Å². The van der Waals surface area contributed by atoms with Crippen molar-refractivity contribution in [3.8, 4) is 0 Å². The number of aliphatic hydroxyl groups is 1. The number of benzene rings is 7. The van der Waals surface area contributed by atoms with E-state index in [1.54, 1.807) is 6.08 Å². The summed E-state index contributed by atoms with van der Waals surface area (Å²) in [5, 5.41) is 15.4. The number of hydrogen-bond donors (Lipinski definition) is 2. The summed E-state index contributed by atoms with van der Waals surface area (Å²) in [6.07, 6.45) is -12.9. The maximum atomic E-state index is 13.7. The van der Waals surface area contributed by atoms with E-state index in [4.69, 9.17) is 61.6 Å². The van der Waals surface area contributed by atoms with Crippen LogP contribution in [0, 0.1) is 0 Å². The molecule has 464 valence electrons. The summed E-state index contributed by atoms with van der Waals surface area (Å²) in [7, 11) is 0. The highest BCUT2D eigenvalue weighted by atomic mass is 16.8. The molecule has 0 unspecified atom stereocenters. The van der Waals surface area contributed by atoms with Crippen molar-refractivity contribution in [3.63, 3.8) is 0 Å². The molecule has 0 spiro atoms. The maximum Gasteiger partial charge on any atom is 0.217 e. The summed E-state index contributed by atoms with van der Waals surface area (Å²) in [6, 6.07) is 67.5. The first-order valence-electron chi connectivity index (χ1n) is 30.2. The van der Waals surface area contributed by atoms with E-state index in [1.807, 2.05) is 219 Å². The average molecular weight is 1200 g/mol. The summed E-state index contributed by atoms with van der Waals surface area (Å²) in [4.78, 5) is 13.7. The quantitative estimate of drug-likeness (QED) is 0.0394. The number of hydrogen-bond acceptors (Lipinski definition) is 15. The third-order valence-electron chi connectivity index (χ3n) is 15.6. The Labute approximate surface area is 516 Å². The predicted octanol–water partition coefficient (Wildman–Crippen LogP) is 10.4. The van der Waals surface area contributed by atoms with Crippen molar-refractivity contribution in [2.24, 2.45) is 0 Å². The summed E-state index contributed by atoms with van der Waals surface area (Å²) >= 11 is 0. The van der Waals surface area contributed by atoms with E-state index in [0.717, 1.165) is 38.9 Å². The van der Waals surface area contributed by atoms with Gasteiger partial charge in [0.05, 0.1) is 72.2 Å². The van der Waals surface area contributed by atoms with Gasteiger partial charge in [-0.25, -0.2) is 0 Å². The van der Waals surface area contributed by atoms with Gasteiger partial charge in [0.15, 0.2) is 18.9 Å². The van der Waals surface area contributed by atoms with E-state index in [0.29, 0.717) is 0 Å². The molecule has 15 atom stereocenters. The summed E-state index contributed by atoms with van der Waals surface area (Å²) < 4.78 is 90.1. The Balaban J connectivity index is 1.06. The number of aliphatic hydroxyl groups excluding tert-OH is 1. The van der Waals surface area contributed by atoms with E-state index in [9.17, 15) is 9.90 Å². The lowest BCUT2D eigenvalue weighted by atomic mass is 9.94. The van der Waals surface area contributed by atoms with Gasteiger partial charge < -0.3 is 72.0 Å². The van der Waals surface area contributed by atoms with Crippen LogP contribution in [0.25, 0.3) is 0 Å². The van der Waals surface area contributed by atoms with Crippen molar-refractivity contribution in [3.05, 3.63) is 264 Å². The number of ether oxygens (including phenoxy) is 13. The molecule has 0 saturated carbocycles. The number of rotatable bonds is 31. The molecule has 88 heavy (non-hydrogen) atoms. The van der Waals surface area contributed by atoms with E-state index in [-0.39, 0.29) is 72.0 Å². The van der Waals surface area contributed by atoms with Crippen LogP contribution in [0.2, 0.25) is 0 Å². The summed E-state index contributed by atoms with van der Waals surface area (Å²) in [5.41, 5.74) is 6.33. The fourth-order valence-electron chi connectivity index (χ4n) is 11.2. The Bertz CT molecular complexity index is 3090. The molecule has 3 heterocycles. The molecule has 7 aromatic carbocycles. The van der Waals surface area contributed by atoms with Crippen molar-refractivity contribution in [2.45, 2.75) is 152 Å². The lowest BCUT2D eigenvalue weighted by molar-refractivity contribution is -0.388. The van der Waals surface area contributed by atoms with Crippen LogP contribution in [0.4, 0.5) is 0 Å². The zero-order valence-corrected chi connectivity index (χ0v) is 49.9. The minimum Gasteiger partial charge on any atom is -0.374 e. The zero-order valence-electron chi connectivity index (χ0n) is 49.9. The monoisotopic (exact) mass is 1200 g/mol. The molecule has 0 aromatic heterocycles. The molecule has 3 aliphatic heterocycles. The number of amides is 1. The average Bonchev–Trinajstić information content (AvgIpc) is 0.992. The lowest BCUT2D eigenvalue weighted by Crippen LogP contribution is -2.69. The second-order valence-electron chi connectivity index (χ2n) is 22.1. The molecule has 16 heteroatoms. The van der Waals surface area contributed by atoms with Gasteiger partial charge in [0.1, 0.15) is 67.1 Å². The van der Waals surface area contributed by atoms with Crippen LogP contribution in [0.1, 0.15) is 52.8 Å². The first-order valence-corrected chi connectivity index (χ1v) is 30.2. The molecule has 0 radical (unpaired) electrons. The largest absolute Gasteiger partial charge is 0.374 e. The van der Waals surface area contributed by atoms with Crippen LogP contribution >= 0.6 is 0 Å². The van der Waals surface area contributed by atoms with E-state index in [2.05, 4.69) is 11.9 Å². The molecular formula is C72H81NO15. The highest BCUT2D eigenvalue weighted by molar-refractivity contribution is 5.73. The SMILES string of the molecule is C=CCO[C@H]1[C@H](OCc2ccccc2)[C@H](NC(C)=O)[C@H](O[C@H]2[C@H](OCc3ccccc3)[C@@H](OCc3ccccc3)[C@@H](O[C@@H]3[C@H](OCc4ccccc4)[C@@H](OCc4ccccc4)[C@H](C)O[C@H]3O)O[C@@H]2COCc2ccccc2)O[C@@H]1COCc1ccccc1. The van der Waals surface area contributed by atoms with Crippen molar-refractivity contribution in [1.29, 1.82) is 0 Å². The highest BCUT2D eigenvalue weighted by Gasteiger charge is 2.56. The van der Waals surface area contributed by atoms with Crippen LogP contribution in [0.3, 0.4) is 0 Å². The van der Waals surface area contributed by atoms with Crippen LogP contribution in [0.5, 0.6) is 0 Å². The van der Waals surface area contributed by atoms with Crippen molar-refractivity contribution >= 4 is 5.91 Å².